The van der Waals surface area contributed by atoms with Crippen molar-refractivity contribution in [1.82, 2.24) is 9.78 Å². The topological polar surface area (TPSA) is 67.2 Å². The van der Waals surface area contributed by atoms with Gasteiger partial charge >= 0.3 is 0 Å². The van der Waals surface area contributed by atoms with Crippen LogP contribution < -0.4 is 10.9 Å². The van der Waals surface area contributed by atoms with Crippen molar-refractivity contribution >= 4 is 5.69 Å². The van der Waals surface area contributed by atoms with Gasteiger partial charge in [-0.2, -0.15) is 5.10 Å². The maximum absolute atomic E-state index is 11.4. The number of anilines is 1. The van der Waals surface area contributed by atoms with E-state index in [0.717, 1.165) is 12.2 Å². The van der Waals surface area contributed by atoms with Crippen molar-refractivity contribution < 1.29 is 5.11 Å². The van der Waals surface area contributed by atoms with Crippen molar-refractivity contribution in [2.45, 2.75) is 19.9 Å². The molecule has 0 saturated carbocycles. The predicted octanol–water partition coefficient (Wildman–Crippen LogP) is 0.0575. The number of nitrogens with one attached hydrogen (secondary N) is 1. The van der Waals surface area contributed by atoms with Crippen molar-refractivity contribution in [1.29, 1.82) is 0 Å². The molecular weight excluding hydrogens is 182 g/mol. The normalized spacial score (nSPS) is 10.1. The highest BCUT2D eigenvalue weighted by atomic mass is 16.3. The average Bonchev–Trinajstić information content (AvgIpc) is 2.17. The smallest absolute Gasteiger partial charge is 0.268 e. The van der Waals surface area contributed by atoms with Crippen LogP contribution in [0.4, 0.5) is 5.69 Å². The Morgan fingerprint density at radius 2 is 2.43 bits per heavy atom. The van der Waals surface area contributed by atoms with Crippen LogP contribution in [0, 0.1) is 0 Å². The molecule has 1 heterocycles. The molecule has 0 aliphatic carbocycles. The summed E-state index contributed by atoms with van der Waals surface area (Å²) >= 11 is 0. The molecule has 1 aromatic heterocycles. The van der Waals surface area contributed by atoms with Crippen LogP contribution in [0.2, 0.25) is 0 Å². The van der Waals surface area contributed by atoms with E-state index in [0.29, 0.717) is 13.0 Å². The molecule has 0 aromatic carbocycles. The Kier molecular flexibility index (Phi) is 4.12. The quantitative estimate of drug-likeness (QED) is 0.700. The fraction of sp³-hybridized carbons (Fsp3) is 0.556. The number of aliphatic hydroxyl groups excluding tert-OH is 1. The molecule has 0 aliphatic rings. The van der Waals surface area contributed by atoms with Gasteiger partial charge in [0, 0.05) is 25.8 Å². The zero-order valence-electron chi connectivity index (χ0n) is 8.23. The van der Waals surface area contributed by atoms with Crippen LogP contribution in [0.25, 0.3) is 0 Å². The lowest BCUT2D eigenvalue weighted by molar-refractivity contribution is 0.275. The lowest BCUT2D eigenvalue weighted by Crippen LogP contribution is -2.23. The molecule has 0 aliphatic heterocycles. The summed E-state index contributed by atoms with van der Waals surface area (Å²) in [6, 6.07) is 1.51. The van der Waals surface area contributed by atoms with E-state index in [9.17, 15) is 4.79 Å². The van der Waals surface area contributed by atoms with E-state index < -0.39 is 0 Å². The second-order valence-corrected chi connectivity index (χ2v) is 2.91. The number of aliphatic hydroxyl groups is 1. The number of aryl methyl sites for hydroxylation is 1. The highest BCUT2D eigenvalue weighted by molar-refractivity contribution is 5.38. The fourth-order valence-electron chi connectivity index (χ4n) is 1.12. The summed E-state index contributed by atoms with van der Waals surface area (Å²) in [5, 5.41) is 15.6. The molecule has 0 amide bonds. The monoisotopic (exact) mass is 197 g/mol. The van der Waals surface area contributed by atoms with Gasteiger partial charge in [0.2, 0.25) is 0 Å². The zero-order valence-corrected chi connectivity index (χ0v) is 8.23. The van der Waals surface area contributed by atoms with Gasteiger partial charge in [0.05, 0.1) is 11.9 Å². The molecule has 14 heavy (non-hydrogen) atoms. The van der Waals surface area contributed by atoms with Crippen molar-refractivity contribution in [2.24, 2.45) is 0 Å². The molecule has 1 rings (SSSR count). The molecule has 0 radical (unpaired) electrons. The third kappa shape index (κ3) is 2.85. The van der Waals surface area contributed by atoms with Gasteiger partial charge < -0.3 is 10.4 Å². The highest BCUT2D eigenvalue weighted by Gasteiger charge is 1.98. The summed E-state index contributed by atoms with van der Waals surface area (Å²) in [6.45, 7) is 3.25. The van der Waals surface area contributed by atoms with Gasteiger partial charge in [0.25, 0.3) is 5.56 Å². The number of rotatable bonds is 5. The predicted molar refractivity (Wildman–Crippen MR) is 54.4 cm³/mol. The molecular formula is C9H15N3O2. The fourth-order valence-corrected chi connectivity index (χ4v) is 1.12. The van der Waals surface area contributed by atoms with Crippen molar-refractivity contribution in [3.05, 3.63) is 22.6 Å². The van der Waals surface area contributed by atoms with Gasteiger partial charge in [0.1, 0.15) is 0 Å². The molecule has 0 spiro atoms. The Hall–Kier alpha value is -1.36. The first kappa shape index (κ1) is 10.7. The van der Waals surface area contributed by atoms with E-state index in [1.165, 1.54) is 10.7 Å². The molecule has 78 valence electrons. The Balaban J connectivity index is 2.74. The highest BCUT2D eigenvalue weighted by Crippen LogP contribution is 1.98. The van der Waals surface area contributed by atoms with Crippen LogP contribution in [-0.4, -0.2) is 28.0 Å². The first-order chi connectivity index (χ1) is 6.77. The van der Waals surface area contributed by atoms with Crippen molar-refractivity contribution in [3.8, 4) is 0 Å². The molecule has 1 aromatic rings. The van der Waals surface area contributed by atoms with E-state index in [1.807, 2.05) is 6.92 Å². The number of nitrogens with zero attached hydrogens (tertiary/aromatic N) is 2. The summed E-state index contributed by atoms with van der Waals surface area (Å²) < 4.78 is 1.34. The second kappa shape index (κ2) is 5.39. The Labute approximate surface area is 82.4 Å². The minimum atomic E-state index is -0.142. The first-order valence-corrected chi connectivity index (χ1v) is 4.70. The minimum Gasteiger partial charge on any atom is -0.396 e. The first-order valence-electron chi connectivity index (χ1n) is 4.70. The van der Waals surface area contributed by atoms with Gasteiger partial charge in [-0.25, -0.2) is 4.68 Å². The molecule has 0 atom stereocenters. The molecule has 2 N–H and O–H groups in total. The van der Waals surface area contributed by atoms with Crippen LogP contribution in [0.1, 0.15) is 13.3 Å². The van der Waals surface area contributed by atoms with E-state index in [-0.39, 0.29) is 12.2 Å². The number of hydrogen-bond acceptors (Lipinski definition) is 4. The van der Waals surface area contributed by atoms with Gasteiger partial charge in [-0.1, -0.05) is 0 Å². The molecule has 0 fully saturated rings. The van der Waals surface area contributed by atoms with E-state index in [4.69, 9.17) is 5.11 Å². The van der Waals surface area contributed by atoms with Crippen LogP contribution in [0.15, 0.2) is 17.1 Å². The van der Waals surface area contributed by atoms with E-state index in [2.05, 4.69) is 10.4 Å². The Morgan fingerprint density at radius 3 is 3.00 bits per heavy atom. The van der Waals surface area contributed by atoms with Gasteiger partial charge in [-0.15, -0.1) is 0 Å². The molecule has 0 bridgehead atoms. The lowest BCUT2D eigenvalue weighted by atomic mass is 10.4. The van der Waals surface area contributed by atoms with Crippen LogP contribution >= 0.6 is 0 Å². The third-order valence-electron chi connectivity index (χ3n) is 1.78. The summed E-state index contributed by atoms with van der Waals surface area (Å²) in [7, 11) is 0. The minimum absolute atomic E-state index is 0.0725. The number of hydrogen-bond donors (Lipinski definition) is 2. The van der Waals surface area contributed by atoms with Crippen molar-refractivity contribution in [2.75, 3.05) is 18.5 Å². The maximum Gasteiger partial charge on any atom is 0.268 e. The molecule has 0 unspecified atom stereocenters. The molecule has 5 heteroatoms. The SMILES string of the molecule is CCNc1cnn(CCCO)c(=O)c1. The molecule has 0 saturated heterocycles. The van der Waals surface area contributed by atoms with Crippen LogP contribution in [-0.2, 0) is 6.54 Å². The van der Waals surface area contributed by atoms with Gasteiger partial charge in [-0.05, 0) is 13.3 Å². The summed E-state index contributed by atoms with van der Waals surface area (Å²) in [6.07, 6.45) is 2.16. The summed E-state index contributed by atoms with van der Waals surface area (Å²) in [5.74, 6) is 0. The summed E-state index contributed by atoms with van der Waals surface area (Å²) in [5.41, 5.74) is 0.592. The second-order valence-electron chi connectivity index (χ2n) is 2.91. The summed E-state index contributed by atoms with van der Waals surface area (Å²) in [4.78, 5) is 11.4. The Bertz CT molecular complexity index is 335. The van der Waals surface area contributed by atoms with Crippen LogP contribution in [0.3, 0.4) is 0 Å². The third-order valence-corrected chi connectivity index (χ3v) is 1.78. The lowest BCUT2D eigenvalue weighted by Gasteiger charge is -2.05. The van der Waals surface area contributed by atoms with E-state index >= 15 is 0 Å². The average molecular weight is 197 g/mol. The largest absolute Gasteiger partial charge is 0.396 e. The van der Waals surface area contributed by atoms with Gasteiger partial charge in [0.15, 0.2) is 0 Å². The zero-order chi connectivity index (χ0) is 10.4. The number of aromatic nitrogens is 2. The molecule has 5 nitrogen and oxygen atoms in total. The van der Waals surface area contributed by atoms with Crippen molar-refractivity contribution in [3.63, 3.8) is 0 Å². The van der Waals surface area contributed by atoms with Crippen LogP contribution in [0.5, 0.6) is 0 Å². The van der Waals surface area contributed by atoms with Gasteiger partial charge in [-0.3, -0.25) is 4.79 Å². The standard InChI is InChI=1S/C9H15N3O2/c1-2-10-8-6-9(14)12(11-7-8)4-3-5-13/h6-7,10,13H,2-5H2,1H3. The Morgan fingerprint density at radius 1 is 1.64 bits per heavy atom. The van der Waals surface area contributed by atoms with E-state index in [1.54, 1.807) is 6.20 Å². The maximum atomic E-state index is 11.4.